The van der Waals surface area contributed by atoms with E-state index in [4.69, 9.17) is 21.0 Å². The van der Waals surface area contributed by atoms with Gasteiger partial charge in [0.15, 0.2) is 12.4 Å². The van der Waals surface area contributed by atoms with Crippen molar-refractivity contribution in [3.63, 3.8) is 0 Å². The van der Waals surface area contributed by atoms with E-state index in [9.17, 15) is 9.59 Å². The van der Waals surface area contributed by atoms with E-state index in [-0.39, 0.29) is 19.0 Å². The second-order valence-electron chi connectivity index (χ2n) is 4.87. The van der Waals surface area contributed by atoms with E-state index in [1.807, 2.05) is 6.92 Å². The number of oxime groups is 1. The van der Waals surface area contributed by atoms with Gasteiger partial charge in [0.05, 0.1) is 5.69 Å². The summed E-state index contributed by atoms with van der Waals surface area (Å²) in [5.74, 6) is -0.681. The van der Waals surface area contributed by atoms with E-state index in [1.165, 1.54) is 4.68 Å². The number of ether oxygens (including phenoxy) is 1. The van der Waals surface area contributed by atoms with Crippen LogP contribution in [-0.2, 0) is 21.0 Å². The van der Waals surface area contributed by atoms with Crippen molar-refractivity contribution in [2.24, 2.45) is 16.6 Å². The molecule has 0 atom stereocenters. The minimum absolute atomic E-state index is 0.0291. The first kappa shape index (κ1) is 17.0. The van der Waals surface area contributed by atoms with Crippen LogP contribution in [0.15, 0.2) is 41.7 Å². The second-order valence-corrected chi connectivity index (χ2v) is 4.87. The number of primary amides is 1. The third-order valence-corrected chi connectivity index (χ3v) is 2.84. The fraction of sp³-hybridized carbons (Fsp3) is 0.200. The van der Waals surface area contributed by atoms with E-state index in [0.717, 1.165) is 5.69 Å². The standard InChI is InChI=1S/C15H17N5O4/c1-10-6-7-20(18-10)8-14(22)24-19-15(17)11-2-4-12(5-3-11)23-9-13(16)21/h2-7H,8-9H2,1H3,(H2,16,21)(H2,17,19). The minimum atomic E-state index is -0.595. The lowest BCUT2D eigenvalue weighted by Crippen LogP contribution is -2.20. The number of benzene rings is 1. The third-order valence-electron chi connectivity index (χ3n) is 2.84. The summed E-state index contributed by atoms with van der Waals surface area (Å²) in [4.78, 5) is 27.0. The fourth-order valence-corrected chi connectivity index (χ4v) is 1.74. The number of carbonyl (C=O) groups is 2. The van der Waals surface area contributed by atoms with Crippen LogP contribution < -0.4 is 16.2 Å². The highest BCUT2D eigenvalue weighted by Crippen LogP contribution is 2.12. The van der Waals surface area contributed by atoms with Crippen LogP contribution >= 0.6 is 0 Å². The highest BCUT2D eigenvalue weighted by Gasteiger charge is 2.07. The summed E-state index contributed by atoms with van der Waals surface area (Å²) in [7, 11) is 0. The van der Waals surface area contributed by atoms with Crippen LogP contribution in [0, 0.1) is 6.92 Å². The van der Waals surface area contributed by atoms with Crippen molar-refractivity contribution < 1.29 is 19.2 Å². The van der Waals surface area contributed by atoms with Gasteiger partial charge in [-0.05, 0) is 37.3 Å². The molecular formula is C15H17N5O4. The van der Waals surface area contributed by atoms with E-state index in [0.29, 0.717) is 11.3 Å². The summed E-state index contributed by atoms with van der Waals surface area (Å²) in [5.41, 5.74) is 12.1. The smallest absolute Gasteiger partial charge is 0.356 e. The molecule has 0 bridgehead atoms. The Morgan fingerprint density at radius 2 is 1.92 bits per heavy atom. The molecule has 126 valence electrons. The molecule has 24 heavy (non-hydrogen) atoms. The number of carbonyl (C=O) groups excluding carboxylic acids is 2. The highest BCUT2D eigenvalue weighted by atomic mass is 16.7. The summed E-state index contributed by atoms with van der Waals surface area (Å²) in [6.45, 7) is 1.53. The summed E-state index contributed by atoms with van der Waals surface area (Å²) >= 11 is 0. The molecular weight excluding hydrogens is 314 g/mol. The first-order chi connectivity index (χ1) is 11.4. The number of hydrogen-bond acceptors (Lipinski definition) is 6. The molecule has 1 aromatic carbocycles. The van der Waals surface area contributed by atoms with Crippen molar-refractivity contribution in [1.82, 2.24) is 9.78 Å². The predicted molar refractivity (Wildman–Crippen MR) is 84.9 cm³/mol. The average molecular weight is 331 g/mol. The van der Waals surface area contributed by atoms with Crippen molar-refractivity contribution in [3.05, 3.63) is 47.8 Å². The third kappa shape index (κ3) is 5.13. The predicted octanol–water partition coefficient (Wildman–Crippen LogP) is -0.0807. The van der Waals surface area contributed by atoms with Crippen molar-refractivity contribution in [2.75, 3.05) is 6.61 Å². The highest BCUT2D eigenvalue weighted by molar-refractivity contribution is 5.97. The lowest BCUT2D eigenvalue weighted by atomic mass is 10.2. The molecule has 1 heterocycles. The van der Waals surface area contributed by atoms with Crippen molar-refractivity contribution in [3.8, 4) is 5.75 Å². The zero-order valence-electron chi connectivity index (χ0n) is 13.0. The van der Waals surface area contributed by atoms with Crippen LogP contribution in [0.25, 0.3) is 0 Å². The zero-order valence-corrected chi connectivity index (χ0v) is 13.0. The van der Waals surface area contributed by atoms with E-state index < -0.39 is 11.9 Å². The van der Waals surface area contributed by atoms with Gasteiger partial charge in [0.1, 0.15) is 12.3 Å². The van der Waals surface area contributed by atoms with Crippen LogP contribution in [0.5, 0.6) is 5.75 Å². The van der Waals surface area contributed by atoms with Gasteiger partial charge in [-0.25, -0.2) is 4.79 Å². The molecule has 0 fully saturated rings. The number of hydrogen-bond donors (Lipinski definition) is 2. The largest absolute Gasteiger partial charge is 0.484 e. The van der Waals surface area contributed by atoms with Crippen LogP contribution in [0.4, 0.5) is 0 Å². The van der Waals surface area contributed by atoms with Crippen LogP contribution in [0.1, 0.15) is 11.3 Å². The number of aromatic nitrogens is 2. The Kier molecular flexibility index (Phi) is 5.50. The Morgan fingerprint density at radius 3 is 2.50 bits per heavy atom. The molecule has 0 spiro atoms. The van der Waals surface area contributed by atoms with Gasteiger partial charge < -0.3 is 21.0 Å². The molecule has 0 aliphatic carbocycles. The summed E-state index contributed by atoms with van der Waals surface area (Å²) < 4.78 is 6.56. The van der Waals surface area contributed by atoms with Gasteiger partial charge in [-0.2, -0.15) is 5.10 Å². The zero-order chi connectivity index (χ0) is 17.5. The van der Waals surface area contributed by atoms with Gasteiger partial charge in [-0.1, -0.05) is 5.16 Å². The van der Waals surface area contributed by atoms with Gasteiger partial charge >= 0.3 is 5.97 Å². The topological polar surface area (TPSA) is 135 Å². The SMILES string of the molecule is Cc1ccn(CC(=O)O/N=C(\N)c2ccc(OCC(N)=O)cc2)n1. The summed E-state index contributed by atoms with van der Waals surface area (Å²) in [6, 6.07) is 8.18. The minimum Gasteiger partial charge on any atom is -0.484 e. The summed E-state index contributed by atoms with van der Waals surface area (Å²) in [5, 5.41) is 7.65. The molecule has 0 saturated heterocycles. The molecule has 1 aromatic heterocycles. The van der Waals surface area contributed by atoms with Gasteiger partial charge in [0.25, 0.3) is 5.91 Å². The Balaban J connectivity index is 1.90. The quantitative estimate of drug-likeness (QED) is 0.315. The maximum Gasteiger partial charge on any atom is 0.356 e. The molecule has 0 saturated carbocycles. The van der Waals surface area contributed by atoms with E-state index in [2.05, 4.69) is 10.3 Å². The maximum atomic E-state index is 11.7. The number of aryl methyl sites for hydroxylation is 1. The van der Waals surface area contributed by atoms with Crippen molar-refractivity contribution in [1.29, 1.82) is 0 Å². The Morgan fingerprint density at radius 1 is 1.21 bits per heavy atom. The number of amidine groups is 1. The van der Waals surface area contributed by atoms with Crippen LogP contribution in [0.2, 0.25) is 0 Å². The van der Waals surface area contributed by atoms with Gasteiger partial charge in [-0.15, -0.1) is 0 Å². The number of nitrogens with two attached hydrogens (primary N) is 2. The Bertz CT molecular complexity index is 751. The van der Waals surface area contributed by atoms with Gasteiger partial charge in [0, 0.05) is 11.8 Å². The fourth-order valence-electron chi connectivity index (χ4n) is 1.74. The van der Waals surface area contributed by atoms with E-state index >= 15 is 0 Å². The average Bonchev–Trinajstić information content (AvgIpc) is 2.96. The molecule has 0 aliphatic rings. The Labute approximate surface area is 137 Å². The molecule has 0 unspecified atom stereocenters. The molecule has 1 amide bonds. The summed E-state index contributed by atoms with van der Waals surface area (Å²) in [6.07, 6.45) is 1.66. The number of amides is 1. The van der Waals surface area contributed by atoms with Crippen LogP contribution in [0.3, 0.4) is 0 Å². The Hall–Kier alpha value is -3.36. The lowest BCUT2D eigenvalue weighted by Gasteiger charge is -2.05. The number of nitrogens with zero attached hydrogens (tertiary/aromatic N) is 3. The molecule has 4 N–H and O–H groups in total. The van der Waals surface area contributed by atoms with Crippen molar-refractivity contribution >= 4 is 17.7 Å². The van der Waals surface area contributed by atoms with E-state index in [1.54, 1.807) is 36.5 Å². The molecule has 0 radical (unpaired) electrons. The molecule has 9 nitrogen and oxygen atoms in total. The molecule has 0 aliphatic heterocycles. The normalized spacial score (nSPS) is 11.1. The number of rotatable bonds is 7. The monoisotopic (exact) mass is 331 g/mol. The second kappa shape index (κ2) is 7.77. The van der Waals surface area contributed by atoms with Gasteiger partial charge in [0.2, 0.25) is 0 Å². The molecule has 9 heteroatoms. The molecule has 2 rings (SSSR count). The van der Waals surface area contributed by atoms with Gasteiger partial charge in [-0.3, -0.25) is 9.48 Å². The van der Waals surface area contributed by atoms with Crippen LogP contribution in [-0.4, -0.2) is 34.1 Å². The molecule has 2 aromatic rings. The first-order valence-corrected chi connectivity index (χ1v) is 6.99. The first-order valence-electron chi connectivity index (χ1n) is 6.99. The van der Waals surface area contributed by atoms with Crippen molar-refractivity contribution in [2.45, 2.75) is 13.5 Å². The maximum absolute atomic E-state index is 11.7. The lowest BCUT2D eigenvalue weighted by molar-refractivity contribution is -0.144.